The molecule has 1 fully saturated rings. The van der Waals surface area contributed by atoms with Crippen LogP contribution in [-0.2, 0) is 9.53 Å². The number of rotatable bonds is 6. The number of benzene rings is 2. The quantitative estimate of drug-likeness (QED) is 0.751. The topological polar surface area (TPSA) is 61.9 Å². The van der Waals surface area contributed by atoms with Crippen molar-refractivity contribution in [3.8, 4) is 0 Å². The molecule has 0 saturated carbocycles. The fraction of sp³-hybridized carbons (Fsp3) is 0.391. The van der Waals surface area contributed by atoms with Crippen molar-refractivity contribution in [3.05, 3.63) is 54.1 Å². The van der Waals surface area contributed by atoms with E-state index in [4.69, 9.17) is 4.74 Å². The van der Waals surface area contributed by atoms with Gasteiger partial charge in [0.15, 0.2) is 6.10 Å². The molecule has 1 aliphatic rings. The van der Waals surface area contributed by atoms with Crippen molar-refractivity contribution in [1.82, 2.24) is 0 Å². The Morgan fingerprint density at radius 3 is 2.17 bits per heavy atom. The molecule has 2 aromatic rings. The fourth-order valence-electron chi connectivity index (χ4n) is 3.33. The predicted molar refractivity (Wildman–Crippen MR) is 117 cm³/mol. The van der Waals surface area contributed by atoms with E-state index in [1.807, 2.05) is 55.4 Å². The number of esters is 1. The summed E-state index contributed by atoms with van der Waals surface area (Å²) in [6, 6.07) is 14.9. The van der Waals surface area contributed by atoms with Crippen LogP contribution in [-0.4, -0.2) is 45.2 Å². The molecule has 1 heterocycles. The van der Waals surface area contributed by atoms with Crippen molar-refractivity contribution in [2.45, 2.75) is 32.3 Å². The molecule has 2 aromatic carbocycles. The van der Waals surface area contributed by atoms with Crippen LogP contribution in [0.2, 0.25) is 0 Å². The fourth-order valence-corrected chi connectivity index (χ4v) is 3.33. The van der Waals surface area contributed by atoms with Gasteiger partial charge in [0.2, 0.25) is 0 Å². The maximum Gasteiger partial charge on any atom is 0.338 e. The SMILES string of the molecule is C[C@@H](OC(=O)c1ccc(N(C)C)cc1)C(=O)Nc1ccc(N2CCCCC2)cc1. The molecule has 6 heteroatoms. The average molecular weight is 396 g/mol. The molecular weight excluding hydrogens is 366 g/mol. The Morgan fingerprint density at radius 1 is 0.966 bits per heavy atom. The van der Waals surface area contributed by atoms with Gasteiger partial charge in [0.25, 0.3) is 5.91 Å². The number of carbonyl (C=O) groups is 2. The van der Waals surface area contributed by atoms with E-state index >= 15 is 0 Å². The van der Waals surface area contributed by atoms with E-state index in [0.29, 0.717) is 11.3 Å². The molecule has 0 unspecified atom stereocenters. The van der Waals surface area contributed by atoms with Crippen LogP contribution in [0.25, 0.3) is 0 Å². The highest BCUT2D eigenvalue weighted by molar-refractivity contribution is 5.97. The second-order valence-electron chi connectivity index (χ2n) is 7.57. The molecule has 0 aromatic heterocycles. The van der Waals surface area contributed by atoms with Gasteiger partial charge in [-0.05, 0) is 74.7 Å². The van der Waals surface area contributed by atoms with Gasteiger partial charge in [0.1, 0.15) is 0 Å². The number of amides is 1. The summed E-state index contributed by atoms with van der Waals surface area (Å²) in [7, 11) is 3.86. The Kier molecular flexibility index (Phi) is 6.75. The number of hydrogen-bond acceptors (Lipinski definition) is 5. The first kappa shape index (κ1) is 20.7. The highest BCUT2D eigenvalue weighted by Crippen LogP contribution is 2.22. The number of nitrogens with zero attached hydrogens (tertiary/aromatic N) is 2. The number of carbonyl (C=O) groups excluding carboxylic acids is 2. The number of hydrogen-bond donors (Lipinski definition) is 1. The van der Waals surface area contributed by atoms with E-state index in [1.165, 1.54) is 24.9 Å². The van der Waals surface area contributed by atoms with Gasteiger partial charge in [-0.3, -0.25) is 4.79 Å². The zero-order valence-electron chi connectivity index (χ0n) is 17.4. The van der Waals surface area contributed by atoms with Crippen molar-refractivity contribution in [2.24, 2.45) is 0 Å². The average Bonchev–Trinajstić information content (AvgIpc) is 2.74. The molecule has 0 aliphatic carbocycles. The molecule has 154 valence electrons. The van der Waals surface area contributed by atoms with Crippen molar-refractivity contribution in [2.75, 3.05) is 42.3 Å². The van der Waals surface area contributed by atoms with E-state index in [1.54, 1.807) is 19.1 Å². The lowest BCUT2D eigenvalue weighted by Gasteiger charge is -2.28. The van der Waals surface area contributed by atoms with E-state index in [-0.39, 0.29) is 5.91 Å². The lowest BCUT2D eigenvalue weighted by Crippen LogP contribution is -2.30. The minimum atomic E-state index is -0.891. The zero-order valence-corrected chi connectivity index (χ0v) is 17.4. The van der Waals surface area contributed by atoms with Gasteiger partial charge in [-0.25, -0.2) is 4.79 Å². The van der Waals surface area contributed by atoms with Crippen molar-refractivity contribution >= 4 is 28.9 Å². The molecule has 1 atom stereocenters. The summed E-state index contributed by atoms with van der Waals surface area (Å²) in [5.41, 5.74) is 3.26. The third kappa shape index (κ3) is 5.50. The second-order valence-corrected chi connectivity index (χ2v) is 7.57. The first-order valence-electron chi connectivity index (χ1n) is 10.1. The Morgan fingerprint density at radius 2 is 1.59 bits per heavy atom. The van der Waals surface area contributed by atoms with Gasteiger partial charge in [0.05, 0.1) is 5.56 Å². The van der Waals surface area contributed by atoms with E-state index in [9.17, 15) is 9.59 Å². The third-order valence-electron chi connectivity index (χ3n) is 5.13. The van der Waals surface area contributed by atoms with Crippen LogP contribution in [0.4, 0.5) is 17.1 Å². The highest BCUT2D eigenvalue weighted by atomic mass is 16.5. The molecule has 1 N–H and O–H groups in total. The molecule has 1 saturated heterocycles. The summed E-state index contributed by atoms with van der Waals surface area (Å²) in [5.74, 6) is -0.868. The first-order valence-corrected chi connectivity index (χ1v) is 10.1. The van der Waals surface area contributed by atoms with Crippen LogP contribution in [0.3, 0.4) is 0 Å². The summed E-state index contributed by atoms with van der Waals surface area (Å²) >= 11 is 0. The summed E-state index contributed by atoms with van der Waals surface area (Å²) < 4.78 is 5.32. The molecule has 1 aliphatic heterocycles. The van der Waals surface area contributed by atoms with Crippen molar-refractivity contribution < 1.29 is 14.3 Å². The number of piperidine rings is 1. The summed E-state index contributed by atoms with van der Waals surface area (Å²) in [6.45, 7) is 3.73. The predicted octanol–water partition coefficient (Wildman–Crippen LogP) is 3.93. The molecule has 3 rings (SSSR count). The van der Waals surface area contributed by atoms with Crippen LogP contribution in [0, 0.1) is 0 Å². The minimum Gasteiger partial charge on any atom is -0.449 e. The Bertz CT molecular complexity index is 825. The van der Waals surface area contributed by atoms with E-state index in [2.05, 4.69) is 10.2 Å². The zero-order chi connectivity index (χ0) is 20.8. The third-order valence-corrected chi connectivity index (χ3v) is 5.13. The molecule has 29 heavy (non-hydrogen) atoms. The Hall–Kier alpha value is -3.02. The molecule has 1 amide bonds. The van der Waals surface area contributed by atoms with Crippen LogP contribution < -0.4 is 15.1 Å². The van der Waals surface area contributed by atoms with Gasteiger partial charge < -0.3 is 19.9 Å². The van der Waals surface area contributed by atoms with Gasteiger partial charge in [0, 0.05) is 44.2 Å². The number of anilines is 3. The van der Waals surface area contributed by atoms with Crippen molar-refractivity contribution in [1.29, 1.82) is 0 Å². The van der Waals surface area contributed by atoms with Crippen LogP contribution >= 0.6 is 0 Å². The monoisotopic (exact) mass is 395 g/mol. The normalized spacial score (nSPS) is 14.8. The lowest BCUT2D eigenvalue weighted by molar-refractivity contribution is -0.123. The first-order chi connectivity index (χ1) is 13.9. The largest absolute Gasteiger partial charge is 0.449 e. The van der Waals surface area contributed by atoms with E-state index in [0.717, 1.165) is 18.8 Å². The smallest absolute Gasteiger partial charge is 0.338 e. The number of nitrogens with one attached hydrogen (secondary N) is 1. The second kappa shape index (κ2) is 9.45. The minimum absolute atomic E-state index is 0.353. The van der Waals surface area contributed by atoms with E-state index < -0.39 is 12.1 Å². The maximum absolute atomic E-state index is 12.4. The van der Waals surface area contributed by atoms with Gasteiger partial charge in [-0.2, -0.15) is 0 Å². The standard InChI is InChI=1S/C23H29N3O3/c1-17(29-23(28)18-7-11-20(12-8-18)25(2)3)22(27)24-19-9-13-21(14-10-19)26-15-5-4-6-16-26/h7-14,17H,4-6,15-16H2,1-3H3,(H,24,27)/t17-/m1/s1. The molecular formula is C23H29N3O3. The molecule has 0 radical (unpaired) electrons. The lowest BCUT2D eigenvalue weighted by atomic mass is 10.1. The molecule has 0 spiro atoms. The Labute approximate surface area is 172 Å². The Balaban J connectivity index is 1.53. The summed E-state index contributed by atoms with van der Waals surface area (Å²) in [4.78, 5) is 29.0. The van der Waals surface area contributed by atoms with Crippen LogP contribution in [0.5, 0.6) is 0 Å². The van der Waals surface area contributed by atoms with Crippen LogP contribution in [0.1, 0.15) is 36.5 Å². The molecule has 6 nitrogen and oxygen atoms in total. The van der Waals surface area contributed by atoms with Gasteiger partial charge >= 0.3 is 5.97 Å². The van der Waals surface area contributed by atoms with Crippen LogP contribution in [0.15, 0.2) is 48.5 Å². The summed E-state index contributed by atoms with van der Waals surface area (Å²) in [5, 5.41) is 2.81. The highest BCUT2D eigenvalue weighted by Gasteiger charge is 2.19. The number of ether oxygens (including phenoxy) is 1. The van der Waals surface area contributed by atoms with Gasteiger partial charge in [-0.1, -0.05) is 0 Å². The maximum atomic E-state index is 12.4. The van der Waals surface area contributed by atoms with Crippen molar-refractivity contribution in [3.63, 3.8) is 0 Å². The van der Waals surface area contributed by atoms with Gasteiger partial charge in [-0.15, -0.1) is 0 Å². The molecule has 0 bridgehead atoms. The summed E-state index contributed by atoms with van der Waals surface area (Å²) in [6.07, 6.45) is 2.84.